The summed E-state index contributed by atoms with van der Waals surface area (Å²) in [6.07, 6.45) is 2.36. The van der Waals surface area contributed by atoms with E-state index in [1.807, 2.05) is 4.90 Å². The maximum absolute atomic E-state index is 11.9. The monoisotopic (exact) mass is 234 g/mol. The van der Waals surface area contributed by atoms with E-state index in [9.17, 15) is 9.90 Å². The first-order valence-corrected chi connectivity index (χ1v) is 5.45. The van der Waals surface area contributed by atoms with Gasteiger partial charge in [0.15, 0.2) is 0 Å². The highest BCUT2D eigenvalue weighted by atomic mass is 35.5. The van der Waals surface area contributed by atoms with E-state index in [0.29, 0.717) is 6.54 Å². The van der Waals surface area contributed by atoms with Gasteiger partial charge < -0.3 is 15.3 Å². The van der Waals surface area contributed by atoms with Crippen LogP contribution in [-0.4, -0.2) is 48.2 Å². The smallest absolute Gasteiger partial charge is 0.225 e. The van der Waals surface area contributed by atoms with Crippen LogP contribution in [-0.2, 0) is 4.79 Å². The second-order valence-corrected chi connectivity index (χ2v) is 4.25. The number of carbonyl (C=O) groups excluding carboxylic acids is 1. The fraction of sp³-hybridized carbons (Fsp3) is 0.900. The molecular weight excluding hydrogens is 216 g/mol. The van der Waals surface area contributed by atoms with Gasteiger partial charge in [0, 0.05) is 19.0 Å². The predicted octanol–water partition coefficient (Wildman–Crippen LogP) is 0.001000. The zero-order chi connectivity index (χ0) is 9.97. The molecule has 0 aromatic rings. The summed E-state index contributed by atoms with van der Waals surface area (Å²) in [5.74, 6) is 0.449. The summed E-state index contributed by atoms with van der Waals surface area (Å²) in [6, 6.07) is 0. The summed E-state index contributed by atoms with van der Waals surface area (Å²) in [5, 5.41) is 12.6. The third kappa shape index (κ3) is 3.06. The van der Waals surface area contributed by atoms with Gasteiger partial charge in [-0.3, -0.25) is 4.79 Å². The van der Waals surface area contributed by atoms with E-state index in [-0.39, 0.29) is 30.3 Å². The van der Waals surface area contributed by atoms with Crippen LogP contribution in [0.3, 0.4) is 0 Å². The Kier molecular flexibility index (Phi) is 4.83. The van der Waals surface area contributed by atoms with Crippen LogP contribution in [0.25, 0.3) is 0 Å². The number of hydrogen-bond donors (Lipinski definition) is 2. The molecule has 2 N–H and O–H groups in total. The molecule has 1 atom stereocenters. The lowest BCUT2D eigenvalue weighted by atomic mass is 9.97. The third-order valence-electron chi connectivity index (χ3n) is 3.16. The van der Waals surface area contributed by atoms with Gasteiger partial charge >= 0.3 is 0 Å². The van der Waals surface area contributed by atoms with Gasteiger partial charge in [-0.1, -0.05) is 0 Å². The SMILES string of the molecule is Cl.O=C(C1CCNCC1)N1CCC(O)C1. The van der Waals surface area contributed by atoms with E-state index in [1.54, 1.807) is 0 Å². The van der Waals surface area contributed by atoms with E-state index in [1.165, 1.54) is 0 Å². The Morgan fingerprint density at radius 2 is 1.93 bits per heavy atom. The molecule has 15 heavy (non-hydrogen) atoms. The molecule has 2 aliphatic heterocycles. The van der Waals surface area contributed by atoms with E-state index in [2.05, 4.69) is 5.32 Å². The second kappa shape index (κ2) is 5.68. The molecule has 0 bridgehead atoms. The topological polar surface area (TPSA) is 52.6 Å². The Hall–Kier alpha value is -0.320. The number of aliphatic hydroxyl groups excluding tert-OH is 1. The number of carbonyl (C=O) groups is 1. The lowest BCUT2D eigenvalue weighted by Gasteiger charge is -2.26. The third-order valence-corrected chi connectivity index (χ3v) is 3.16. The van der Waals surface area contributed by atoms with E-state index < -0.39 is 0 Å². The van der Waals surface area contributed by atoms with Crippen LogP contribution in [0.5, 0.6) is 0 Å². The molecule has 2 fully saturated rings. The van der Waals surface area contributed by atoms with Crippen molar-refractivity contribution in [2.45, 2.75) is 25.4 Å². The van der Waals surface area contributed by atoms with Crippen LogP contribution in [0.15, 0.2) is 0 Å². The fourth-order valence-corrected chi connectivity index (χ4v) is 2.27. The second-order valence-electron chi connectivity index (χ2n) is 4.25. The number of rotatable bonds is 1. The van der Waals surface area contributed by atoms with Crippen molar-refractivity contribution in [3.05, 3.63) is 0 Å². The first-order valence-electron chi connectivity index (χ1n) is 5.45. The van der Waals surface area contributed by atoms with Gasteiger partial charge in [-0.05, 0) is 32.4 Å². The molecule has 4 nitrogen and oxygen atoms in total. The molecule has 5 heteroatoms. The van der Waals surface area contributed by atoms with Gasteiger partial charge in [0.2, 0.25) is 5.91 Å². The summed E-state index contributed by atoms with van der Waals surface area (Å²) in [6.45, 7) is 3.19. The summed E-state index contributed by atoms with van der Waals surface area (Å²) in [7, 11) is 0. The van der Waals surface area contributed by atoms with Gasteiger partial charge in [-0.15, -0.1) is 12.4 Å². The summed E-state index contributed by atoms with van der Waals surface area (Å²) >= 11 is 0. The van der Waals surface area contributed by atoms with Crippen molar-refractivity contribution < 1.29 is 9.90 Å². The number of nitrogens with zero attached hydrogens (tertiary/aromatic N) is 1. The van der Waals surface area contributed by atoms with Crippen molar-refractivity contribution in [3.63, 3.8) is 0 Å². The minimum Gasteiger partial charge on any atom is -0.391 e. The van der Waals surface area contributed by atoms with Gasteiger partial charge in [0.1, 0.15) is 0 Å². The van der Waals surface area contributed by atoms with Crippen molar-refractivity contribution in [3.8, 4) is 0 Å². The number of halogens is 1. The molecule has 0 spiro atoms. The average molecular weight is 235 g/mol. The summed E-state index contributed by atoms with van der Waals surface area (Å²) < 4.78 is 0. The van der Waals surface area contributed by atoms with Gasteiger partial charge in [-0.2, -0.15) is 0 Å². The summed E-state index contributed by atoms with van der Waals surface area (Å²) in [5.41, 5.74) is 0. The van der Waals surface area contributed by atoms with Crippen LogP contribution in [0.2, 0.25) is 0 Å². The number of likely N-dealkylation sites (tertiary alicyclic amines) is 1. The Labute approximate surface area is 96.4 Å². The molecule has 2 rings (SSSR count). The first kappa shape index (κ1) is 12.7. The minimum absolute atomic E-state index is 0. The average Bonchev–Trinajstić information content (AvgIpc) is 2.65. The Bertz CT molecular complexity index is 213. The highest BCUT2D eigenvalue weighted by molar-refractivity contribution is 5.85. The maximum atomic E-state index is 11.9. The molecule has 0 aromatic heterocycles. The lowest BCUT2D eigenvalue weighted by molar-refractivity contribution is -0.135. The number of amides is 1. The minimum atomic E-state index is -0.291. The summed E-state index contributed by atoms with van der Waals surface area (Å²) in [4.78, 5) is 13.8. The zero-order valence-corrected chi connectivity index (χ0v) is 9.63. The highest BCUT2D eigenvalue weighted by Crippen LogP contribution is 2.18. The Morgan fingerprint density at radius 1 is 1.27 bits per heavy atom. The van der Waals surface area contributed by atoms with Crippen LogP contribution >= 0.6 is 12.4 Å². The largest absolute Gasteiger partial charge is 0.391 e. The van der Waals surface area contributed by atoms with Crippen molar-refractivity contribution in [2.24, 2.45) is 5.92 Å². The highest BCUT2D eigenvalue weighted by Gasteiger charge is 2.30. The predicted molar refractivity (Wildman–Crippen MR) is 60.0 cm³/mol. The van der Waals surface area contributed by atoms with Crippen LogP contribution in [0.4, 0.5) is 0 Å². The molecule has 1 unspecified atom stereocenters. The fourth-order valence-electron chi connectivity index (χ4n) is 2.27. The molecule has 0 aromatic carbocycles. The van der Waals surface area contributed by atoms with E-state index >= 15 is 0 Å². The number of aliphatic hydroxyl groups is 1. The Balaban J connectivity index is 0.00000112. The normalized spacial score (nSPS) is 27.5. The standard InChI is InChI=1S/C10H18N2O2.ClH/c13-9-3-6-12(7-9)10(14)8-1-4-11-5-2-8;/h8-9,11,13H,1-7H2;1H. The molecule has 2 aliphatic rings. The quantitative estimate of drug-likeness (QED) is 0.672. The van der Waals surface area contributed by atoms with Crippen molar-refractivity contribution in [2.75, 3.05) is 26.2 Å². The van der Waals surface area contributed by atoms with Crippen LogP contribution in [0.1, 0.15) is 19.3 Å². The first-order chi connectivity index (χ1) is 6.77. The zero-order valence-electron chi connectivity index (χ0n) is 8.82. The van der Waals surface area contributed by atoms with Crippen molar-refractivity contribution in [1.29, 1.82) is 0 Å². The molecule has 2 saturated heterocycles. The molecular formula is C10H19ClN2O2. The van der Waals surface area contributed by atoms with E-state index in [4.69, 9.17) is 0 Å². The van der Waals surface area contributed by atoms with Gasteiger partial charge in [-0.25, -0.2) is 0 Å². The number of hydrogen-bond acceptors (Lipinski definition) is 3. The lowest BCUT2D eigenvalue weighted by Crippen LogP contribution is -2.40. The van der Waals surface area contributed by atoms with Gasteiger partial charge in [0.05, 0.1) is 6.10 Å². The molecule has 0 radical (unpaired) electrons. The molecule has 0 aliphatic carbocycles. The van der Waals surface area contributed by atoms with Crippen molar-refractivity contribution >= 4 is 18.3 Å². The maximum Gasteiger partial charge on any atom is 0.225 e. The molecule has 88 valence electrons. The van der Waals surface area contributed by atoms with Crippen LogP contribution in [0, 0.1) is 5.92 Å². The number of nitrogens with one attached hydrogen (secondary N) is 1. The van der Waals surface area contributed by atoms with E-state index in [0.717, 1.165) is 38.9 Å². The molecule has 2 heterocycles. The van der Waals surface area contributed by atoms with Crippen molar-refractivity contribution in [1.82, 2.24) is 10.2 Å². The Morgan fingerprint density at radius 3 is 2.47 bits per heavy atom. The molecule has 0 saturated carbocycles. The van der Waals surface area contributed by atoms with Crippen LogP contribution < -0.4 is 5.32 Å². The number of piperidine rings is 1. The molecule has 1 amide bonds. The van der Waals surface area contributed by atoms with Gasteiger partial charge in [0.25, 0.3) is 0 Å². The number of β-amino-alcohol motifs (C(OH)–C–C–N with tert-alkyl or cyclic N) is 1.